The highest BCUT2D eigenvalue weighted by molar-refractivity contribution is 5.68. The van der Waals surface area contributed by atoms with Gasteiger partial charge in [0.15, 0.2) is 0 Å². The number of nitrogens with zero attached hydrogens (tertiary/aromatic N) is 1. The van der Waals surface area contributed by atoms with E-state index in [1.807, 2.05) is 32.9 Å². The molecule has 0 saturated carbocycles. The average Bonchev–Trinajstić information content (AvgIpc) is 2.33. The fraction of sp³-hybridized carbons (Fsp3) is 0.429. The topological polar surface area (TPSA) is 60.5 Å². The highest BCUT2D eigenvalue weighted by Crippen LogP contribution is 2.16. The van der Waals surface area contributed by atoms with Crippen molar-refractivity contribution in [3.8, 4) is 5.75 Å². The first-order valence-corrected chi connectivity index (χ1v) is 6.04. The van der Waals surface area contributed by atoms with Gasteiger partial charge in [0.2, 0.25) is 0 Å². The summed E-state index contributed by atoms with van der Waals surface area (Å²) in [4.78, 5) is 15.4. The predicted molar refractivity (Wildman–Crippen MR) is 74.1 cm³/mol. The van der Waals surface area contributed by atoms with E-state index in [9.17, 15) is 4.79 Å². The third-order valence-electron chi connectivity index (χ3n) is 2.09. The number of hydrogen-bond acceptors (Lipinski definition) is 4. The molecule has 5 nitrogen and oxygen atoms in total. The van der Waals surface area contributed by atoms with Gasteiger partial charge < -0.3 is 14.8 Å². The first kappa shape index (κ1) is 15.0. The molecule has 1 N–H and O–H groups in total. The molecular formula is C14H20N2O3. The summed E-state index contributed by atoms with van der Waals surface area (Å²) < 4.78 is 10.3. The number of carbonyl (C=O) groups excluding carboxylic acids is 1. The molecule has 0 spiro atoms. The summed E-state index contributed by atoms with van der Waals surface area (Å²) in [5.74, 6) is 0.739. The van der Waals surface area contributed by atoms with Gasteiger partial charge in [-0.3, -0.25) is 4.98 Å². The fourth-order valence-corrected chi connectivity index (χ4v) is 1.35. The highest BCUT2D eigenvalue weighted by Gasteiger charge is 2.14. The van der Waals surface area contributed by atoms with Crippen LogP contribution in [0.1, 0.15) is 26.3 Å². The van der Waals surface area contributed by atoms with Crippen LogP contribution in [0, 0.1) is 0 Å². The number of aromatic nitrogens is 1. The lowest BCUT2D eigenvalue weighted by molar-refractivity contribution is 0.0534. The summed E-state index contributed by atoms with van der Waals surface area (Å²) in [5.41, 5.74) is 0.372. The minimum atomic E-state index is -0.486. The summed E-state index contributed by atoms with van der Waals surface area (Å²) in [5, 5.41) is 2.64. The third-order valence-corrected chi connectivity index (χ3v) is 2.09. The van der Waals surface area contributed by atoms with Gasteiger partial charge in [-0.25, -0.2) is 4.79 Å². The number of methoxy groups -OCH3 is 1. The van der Waals surface area contributed by atoms with Crippen LogP contribution in [0.5, 0.6) is 5.75 Å². The van der Waals surface area contributed by atoms with Crippen molar-refractivity contribution in [2.75, 3.05) is 13.7 Å². The van der Waals surface area contributed by atoms with Gasteiger partial charge in [0, 0.05) is 24.5 Å². The second kappa shape index (κ2) is 6.78. The Kier molecular flexibility index (Phi) is 5.36. The minimum absolute atomic E-state index is 0.382. The standard InChI is InChI=1S/C14H20N2O3/c1-14(2,3)19-13(17)16-8-5-6-11-10-15-9-7-12(11)18-4/h5-7,9-10H,8H2,1-4H3,(H,16,17). The van der Waals surface area contributed by atoms with Gasteiger partial charge in [-0.1, -0.05) is 12.2 Å². The molecule has 1 rings (SSSR count). The van der Waals surface area contributed by atoms with Gasteiger partial charge in [0.1, 0.15) is 11.4 Å². The molecule has 1 aromatic rings. The quantitative estimate of drug-likeness (QED) is 0.908. The molecule has 0 aliphatic rings. The molecule has 0 bridgehead atoms. The Balaban J connectivity index is 2.44. The van der Waals surface area contributed by atoms with Gasteiger partial charge in [-0.15, -0.1) is 0 Å². The van der Waals surface area contributed by atoms with Crippen molar-refractivity contribution in [3.05, 3.63) is 30.1 Å². The largest absolute Gasteiger partial charge is 0.496 e. The van der Waals surface area contributed by atoms with E-state index in [2.05, 4.69) is 10.3 Å². The van der Waals surface area contributed by atoms with Crippen LogP contribution in [-0.4, -0.2) is 30.3 Å². The Hall–Kier alpha value is -2.04. The summed E-state index contributed by atoms with van der Waals surface area (Å²) >= 11 is 0. The van der Waals surface area contributed by atoms with Gasteiger partial charge in [-0.2, -0.15) is 0 Å². The molecule has 5 heteroatoms. The highest BCUT2D eigenvalue weighted by atomic mass is 16.6. The van der Waals surface area contributed by atoms with E-state index in [1.165, 1.54) is 0 Å². The Bertz CT molecular complexity index is 450. The van der Waals surface area contributed by atoms with E-state index >= 15 is 0 Å². The second-order valence-electron chi connectivity index (χ2n) is 4.90. The molecule has 0 radical (unpaired) electrons. The maximum Gasteiger partial charge on any atom is 0.407 e. The van der Waals surface area contributed by atoms with E-state index in [0.29, 0.717) is 6.54 Å². The zero-order chi connectivity index (χ0) is 14.3. The van der Waals surface area contributed by atoms with Gasteiger partial charge in [0.25, 0.3) is 0 Å². The van der Waals surface area contributed by atoms with E-state index in [0.717, 1.165) is 11.3 Å². The Morgan fingerprint density at radius 2 is 2.21 bits per heavy atom. The molecule has 0 aliphatic heterocycles. The maximum absolute atomic E-state index is 11.4. The van der Waals surface area contributed by atoms with Crippen LogP contribution in [-0.2, 0) is 4.74 Å². The smallest absolute Gasteiger partial charge is 0.407 e. The summed E-state index contributed by atoms with van der Waals surface area (Å²) in [6.45, 7) is 5.85. The maximum atomic E-state index is 11.4. The first-order chi connectivity index (χ1) is 8.92. The van der Waals surface area contributed by atoms with Crippen molar-refractivity contribution < 1.29 is 14.3 Å². The van der Waals surface area contributed by atoms with Gasteiger partial charge in [-0.05, 0) is 26.8 Å². The molecule has 1 heterocycles. The molecule has 0 aliphatic carbocycles. The van der Waals surface area contributed by atoms with E-state index in [1.54, 1.807) is 25.6 Å². The number of carbonyl (C=O) groups is 1. The summed E-state index contributed by atoms with van der Waals surface area (Å²) in [7, 11) is 1.60. The monoisotopic (exact) mass is 264 g/mol. The van der Waals surface area contributed by atoms with Crippen LogP contribution in [0.2, 0.25) is 0 Å². The van der Waals surface area contributed by atoms with E-state index < -0.39 is 11.7 Å². The molecule has 0 aromatic carbocycles. The fourth-order valence-electron chi connectivity index (χ4n) is 1.35. The second-order valence-corrected chi connectivity index (χ2v) is 4.90. The lowest BCUT2D eigenvalue weighted by atomic mass is 10.2. The molecule has 0 atom stereocenters. The summed E-state index contributed by atoms with van der Waals surface area (Å²) in [6, 6.07) is 1.78. The van der Waals surface area contributed by atoms with Crippen molar-refractivity contribution in [2.45, 2.75) is 26.4 Å². The number of pyridine rings is 1. The molecule has 0 unspecified atom stereocenters. The lowest BCUT2D eigenvalue weighted by Gasteiger charge is -2.19. The average molecular weight is 264 g/mol. The van der Waals surface area contributed by atoms with Crippen molar-refractivity contribution in [1.29, 1.82) is 0 Å². The van der Waals surface area contributed by atoms with Crippen LogP contribution in [0.4, 0.5) is 4.79 Å². The number of amides is 1. The van der Waals surface area contributed by atoms with Crippen molar-refractivity contribution >= 4 is 12.2 Å². The molecule has 1 aromatic heterocycles. The number of rotatable bonds is 4. The van der Waals surface area contributed by atoms with Crippen LogP contribution >= 0.6 is 0 Å². The van der Waals surface area contributed by atoms with Crippen molar-refractivity contribution in [1.82, 2.24) is 10.3 Å². The minimum Gasteiger partial charge on any atom is -0.496 e. The SMILES string of the molecule is COc1ccncc1C=CCNC(=O)OC(C)(C)C. The number of hydrogen-bond donors (Lipinski definition) is 1. The molecule has 1 amide bonds. The zero-order valence-corrected chi connectivity index (χ0v) is 11.8. The molecule has 0 saturated heterocycles. The van der Waals surface area contributed by atoms with E-state index in [4.69, 9.17) is 9.47 Å². The van der Waals surface area contributed by atoms with Crippen LogP contribution in [0.3, 0.4) is 0 Å². The van der Waals surface area contributed by atoms with Gasteiger partial charge >= 0.3 is 6.09 Å². The number of alkyl carbamates (subject to hydrolysis) is 1. The Labute approximate surface area is 113 Å². The van der Waals surface area contributed by atoms with Crippen LogP contribution < -0.4 is 10.1 Å². The van der Waals surface area contributed by atoms with Crippen molar-refractivity contribution in [2.24, 2.45) is 0 Å². The Morgan fingerprint density at radius 1 is 1.47 bits per heavy atom. The zero-order valence-electron chi connectivity index (χ0n) is 11.8. The normalized spacial score (nSPS) is 11.4. The Morgan fingerprint density at radius 3 is 2.84 bits per heavy atom. The molecule has 104 valence electrons. The number of ether oxygens (including phenoxy) is 2. The lowest BCUT2D eigenvalue weighted by Crippen LogP contribution is -2.32. The van der Waals surface area contributed by atoms with E-state index in [-0.39, 0.29) is 0 Å². The van der Waals surface area contributed by atoms with Gasteiger partial charge in [0.05, 0.1) is 7.11 Å². The first-order valence-electron chi connectivity index (χ1n) is 6.04. The van der Waals surface area contributed by atoms with Crippen LogP contribution in [0.25, 0.3) is 6.08 Å². The number of nitrogens with one attached hydrogen (secondary N) is 1. The van der Waals surface area contributed by atoms with Crippen molar-refractivity contribution in [3.63, 3.8) is 0 Å². The molecule has 0 fully saturated rings. The third kappa shape index (κ3) is 5.90. The molecular weight excluding hydrogens is 244 g/mol. The summed E-state index contributed by atoms with van der Waals surface area (Å²) in [6.07, 6.45) is 6.57. The predicted octanol–water partition coefficient (Wildman–Crippen LogP) is 2.63. The molecule has 19 heavy (non-hydrogen) atoms. The van der Waals surface area contributed by atoms with Crippen LogP contribution in [0.15, 0.2) is 24.5 Å².